The molecule has 5 nitrogen and oxygen atoms in total. The van der Waals surface area contributed by atoms with E-state index in [1.165, 1.54) is 5.56 Å². The van der Waals surface area contributed by atoms with Crippen LogP contribution in [0.25, 0.3) is 0 Å². The lowest BCUT2D eigenvalue weighted by atomic mass is 9.70. The van der Waals surface area contributed by atoms with Crippen LogP contribution in [0.4, 0.5) is 0 Å². The molecule has 2 aliphatic rings. The van der Waals surface area contributed by atoms with Crippen molar-refractivity contribution in [2.75, 3.05) is 26.2 Å². The number of hydrogen-bond acceptors (Lipinski definition) is 3. The molecule has 0 aromatic heterocycles. The van der Waals surface area contributed by atoms with E-state index in [1.54, 1.807) is 0 Å². The number of carbonyl (C=O) groups excluding carboxylic acids is 2. The fourth-order valence-corrected chi connectivity index (χ4v) is 5.04. The highest BCUT2D eigenvalue weighted by molar-refractivity contribution is 6.30. The van der Waals surface area contributed by atoms with Gasteiger partial charge < -0.3 is 15.5 Å². The zero-order valence-electron chi connectivity index (χ0n) is 18.7. The predicted molar refractivity (Wildman–Crippen MR) is 122 cm³/mol. The molecule has 1 aromatic carbocycles. The monoisotopic (exact) mass is 433 g/mol. The summed E-state index contributed by atoms with van der Waals surface area (Å²) in [6.45, 7) is 11.5. The third-order valence-electron chi connectivity index (χ3n) is 6.71. The standard InChI is InChI=1S/C24H36ClN3O2/c1-16(2)21(27-22(29)18-6-5-12-26-14-18)23(30)28-13-11-20(24(3,4)15-28)17-7-9-19(25)10-8-17/h7-10,16,18,20-21,26H,5-6,11-15H2,1-4H3,(H,27,29)/t18-,20?,21-/m1/s1. The summed E-state index contributed by atoms with van der Waals surface area (Å²) < 4.78 is 0. The topological polar surface area (TPSA) is 61.4 Å². The van der Waals surface area contributed by atoms with Crippen molar-refractivity contribution in [2.24, 2.45) is 17.3 Å². The molecule has 0 bridgehead atoms. The Morgan fingerprint density at radius 3 is 2.47 bits per heavy atom. The fraction of sp³-hybridized carbons (Fsp3) is 0.667. The van der Waals surface area contributed by atoms with Crippen LogP contribution in [0.15, 0.2) is 24.3 Å². The van der Waals surface area contributed by atoms with Gasteiger partial charge in [-0.3, -0.25) is 9.59 Å². The number of amides is 2. The van der Waals surface area contributed by atoms with Gasteiger partial charge in [0.15, 0.2) is 0 Å². The van der Waals surface area contributed by atoms with Crippen LogP contribution in [0.1, 0.15) is 58.4 Å². The number of piperidine rings is 2. The molecule has 2 aliphatic heterocycles. The first-order valence-electron chi connectivity index (χ1n) is 11.2. The molecule has 0 spiro atoms. The summed E-state index contributed by atoms with van der Waals surface area (Å²) in [5.41, 5.74) is 1.22. The quantitative estimate of drug-likeness (QED) is 0.741. The van der Waals surface area contributed by atoms with Gasteiger partial charge in [-0.05, 0) is 60.8 Å². The molecule has 3 atom stereocenters. The van der Waals surface area contributed by atoms with E-state index in [2.05, 4.69) is 36.6 Å². The molecule has 1 aromatic rings. The van der Waals surface area contributed by atoms with Gasteiger partial charge in [0.05, 0.1) is 5.92 Å². The minimum Gasteiger partial charge on any atom is -0.344 e. The Morgan fingerprint density at radius 2 is 1.90 bits per heavy atom. The normalized spacial score (nSPS) is 25.1. The van der Waals surface area contributed by atoms with Crippen molar-refractivity contribution in [3.63, 3.8) is 0 Å². The molecule has 30 heavy (non-hydrogen) atoms. The number of likely N-dealkylation sites (tertiary alicyclic amines) is 1. The van der Waals surface area contributed by atoms with Crippen LogP contribution in [0.3, 0.4) is 0 Å². The van der Waals surface area contributed by atoms with Gasteiger partial charge in [-0.25, -0.2) is 0 Å². The summed E-state index contributed by atoms with van der Waals surface area (Å²) >= 11 is 6.06. The van der Waals surface area contributed by atoms with E-state index in [4.69, 9.17) is 11.6 Å². The van der Waals surface area contributed by atoms with Crippen molar-refractivity contribution < 1.29 is 9.59 Å². The Morgan fingerprint density at radius 1 is 1.20 bits per heavy atom. The average molecular weight is 434 g/mol. The Hall–Kier alpha value is -1.59. The highest BCUT2D eigenvalue weighted by atomic mass is 35.5. The summed E-state index contributed by atoms with van der Waals surface area (Å²) in [5.74, 6) is 0.434. The number of benzene rings is 1. The first-order chi connectivity index (χ1) is 14.2. The summed E-state index contributed by atoms with van der Waals surface area (Å²) in [4.78, 5) is 28.1. The fourth-order valence-electron chi connectivity index (χ4n) is 4.91. The smallest absolute Gasteiger partial charge is 0.245 e. The van der Waals surface area contributed by atoms with Gasteiger partial charge in [0.2, 0.25) is 11.8 Å². The second kappa shape index (κ2) is 9.69. The zero-order valence-corrected chi connectivity index (χ0v) is 19.5. The van der Waals surface area contributed by atoms with Crippen LogP contribution >= 0.6 is 11.6 Å². The Labute approximate surface area is 185 Å². The van der Waals surface area contributed by atoms with Crippen molar-refractivity contribution in [1.29, 1.82) is 0 Å². The lowest BCUT2D eigenvalue weighted by Crippen LogP contribution is -2.57. The summed E-state index contributed by atoms with van der Waals surface area (Å²) in [5, 5.41) is 7.10. The molecule has 1 unspecified atom stereocenters. The summed E-state index contributed by atoms with van der Waals surface area (Å²) in [6.07, 6.45) is 2.80. The number of hydrogen-bond donors (Lipinski definition) is 2. The molecule has 166 valence electrons. The molecule has 3 rings (SSSR count). The molecule has 2 saturated heterocycles. The molecule has 0 saturated carbocycles. The van der Waals surface area contributed by atoms with E-state index in [1.807, 2.05) is 30.9 Å². The Balaban J connectivity index is 1.67. The van der Waals surface area contributed by atoms with Crippen molar-refractivity contribution in [2.45, 2.75) is 58.9 Å². The maximum atomic E-state index is 13.4. The zero-order chi connectivity index (χ0) is 21.9. The molecular weight excluding hydrogens is 398 g/mol. The van der Waals surface area contributed by atoms with Gasteiger partial charge in [-0.1, -0.05) is 51.4 Å². The van der Waals surface area contributed by atoms with Gasteiger partial charge in [-0.2, -0.15) is 0 Å². The highest BCUT2D eigenvalue weighted by Gasteiger charge is 2.40. The molecule has 2 amide bonds. The van der Waals surface area contributed by atoms with Crippen LogP contribution in [-0.2, 0) is 9.59 Å². The van der Waals surface area contributed by atoms with Crippen LogP contribution < -0.4 is 10.6 Å². The van der Waals surface area contributed by atoms with Crippen LogP contribution in [0.5, 0.6) is 0 Å². The summed E-state index contributed by atoms with van der Waals surface area (Å²) in [6, 6.07) is 7.61. The molecule has 0 aliphatic carbocycles. The second-order valence-corrected chi connectivity index (χ2v) is 10.4. The van der Waals surface area contributed by atoms with E-state index < -0.39 is 6.04 Å². The first kappa shape index (κ1) is 23.1. The van der Waals surface area contributed by atoms with Crippen molar-refractivity contribution in [1.82, 2.24) is 15.5 Å². The van der Waals surface area contributed by atoms with E-state index in [0.29, 0.717) is 25.6 Å². The van der Waals surface area contributed by atoms with Gasteiger partial charge >= 0.3 is 0 Å². The van der Waals surface area contributed by atoms with E-state index >= 15 is 0 Å². The molecule has 2 fully saturated rings. The maximum absolute atomic E-state index is 13.4. The third kappa shape index (κ3) is 5.36. The summed E-state index contributed by atoms with van der Waals surface area (Å²) in [7, 11) is 0. The van der Waals surface area contributed by atoms with Gasteiger partial charge in [0.1, 0.15) is 6.04 Å². The Bertz CT molecular complexity index is 741. The van der Waals surface area contributed by atoms with Gasteiger partial charge in [-0.15, -0.1) is 0 Å². The van der Waals surface area contributed by atoms with Crippen molar-refractivity contribution >= 4 is 23.4 Å². The van der Waals surface area contributed by atoms with Crippen LogP contribution in [0, 0.1) is 17.3 Å². The average Bonchev–Trinajstić information content (AvgIpc) is 2.72. The molecule has 2 heterocycles. The first-order valence-corrected chi connectivity index (χ1v) is 11.6. The largest absolute Gasteiger partial charge is 0.344 e. The van der Waals surface area contributed by atoms with Crippen LogP contribution in [-0.4, -0.2) is 48.9 Å². The lowest BCUT2D eigenvalue weighted by molar-refractivity contribution is -0.141. The second-order valence-electron chi connectivity index (χ2n) is 9.91. The lowest BCUT2D eigenvalue weighted by Gasteiger charge is -2.46. The van der Waals surface area contributed by atoms with Crippen molar-refractivity contribution in [3.05, 3.63) is 34.9 Å². The maximum Gasteiger partial charge on any atom is 0.245 e. The molecule has 6 heteroatoms. The van der Waals surface area contributed by atoms with E-state index in [9.17, 15) is 9.59 Å². The number of rotatable bonds is 5. The van der Waals surface area contributed by atoms with Gasteiger partial charge in [0.25, 0.3) is 0 Å². The third-order valence-corrected chi connectivity index (χ3v) is 6.96. The SMILES string of the molecule is CC(C)[C@@H](NC(=O)[C@@H]1CCCNC1)C(=O)N1CCC(c2ccc(Cl)cc2)C(C)(C)C1. The number of nitrogens with zero attached hydrogens (tertiary/aromatic N) is 1. The molecule has 2 N–H and O–H groups in total. The van der Waals surface area contributed by atoms with Crippen molar-refractivity contribution in [3.8, 4) is 0 Å². The Kier molecular flexibility index (Phi) is 7.46. The predicted octanol–water partition coefficient (Wildman–Crippen LogP) is 3.82. The van der Waals surface area contributed by atoms with Crippen LogP contribution in [0.2, 0.25) is 5.02 Å². The number of nitrogens with one attached hydrogen (secondary N) is 2. The van der Waals surface area contributed by atoms with E-state index in [0.717, 1.165) is 30.8 Å². The highest BCUT2D eigenvalue weighted by Crippen LogP contribution is 2.42. The minimum atomic E-state index is -0.470. The molecule has 0 radical (unpaired) electrons. The number of halogens is 1. The molecular formula is C24H36ClN3O2. The minimum absolute atomic E-state index is 0.00422. The number of carbonyl (C=O) groups is 2. The van der Waals surface area contributed by atoms with E-state index in [-0.39, 0.29) is 29.1 Å². The van der Waals surface area contributed by atoms with Gasteiger partial charge in [0, 0.05) is 24.7 Å².